The lowest BCUT2D eigenvalue weighted by Gasteiger charge is -2.25. The summed E-state index contributed by atoms with van der Waals surface area (Å²) in [6.45, 7) is 2.34. The summed E-state index contributed by atoms with van der Waals surface area (Å²) in [6.07, 6.45) is 3.35. The molecule has 0 spiro atoms. The number of likely N-dealkylation sites (tertiary alicyclic amines) is 1. The van der Waals surface area contributed by atoms with Gasteiger partial charge in [0.05, 0.1) is 0 Å². The summed E-state index contributed by atoms with van der Waals surface area (Å²) in [5.41, 5.74) is 2.33. The van der Waals surface area contributed by atoms with Gasteiger partial charge in [-0.25, -0.2) is 4.79 Å². The van der Waals surface area contributed by atoms with E-state index in [1.165, 1.54) is 5.56 Å². The number of fused-ring (bicyclic) bond motifs is 1. The van der Waals surface area contributed by atoms with Crippen molar-refractivity contribution in [1.29, 1.82) is 0 Å². The minimum atomic E-state index is 0.00509. The molecule has 0 bridgehead atoms. The van der Waals surface area contributed by atoms with Crippen molar-refractivity contribution in [2.45, 2.75) is 31.7 Å². The van der Waals surface area contributed by atoms with Gasteiger partial charge in [0.25, 0.3) is 0 Å². The number of hydrogen-bond acceptors (Lipinski definition) is 3. The normalized spacial score (nSPS) is 19.1. The number of hydrogen-bond donors (Lipinski definition) is 1. The minimum Gasteiger partial charge on any atom is -0.454 e. The molecule has 5 heteroatoms. The molecular formula is C21H24N2O3. The molecule has 2 aromatic rings. The van der Waals surface area contributed by atoms with Crippen LogP contribution in [0.2, 0.25) is 0 Å². The number of amides is 2. The number of urea groups is 1. The number of ether oxygens (including phenoxy) is 2. The predicted octanol–water partition coefficient (Wildman–Crippen LogP) is 3.89. The molecule has 1 atom stereocenters. The van der Waals surface area contributed by atoms with Crippen molar-refractivity contribution in [3.63, 3.8) is 0 Å². The summed E-state index contributed by atoms with van der Waals surface area (Å²) < 4.78 is 10.7. The molecule has 136 valence electrons. The number of rotatable bonds is 3. The fourth-order valence-corrected chi connectivity index (χ4v) is 3.66. The molecule has 2 aliphatic rings. The van der Waals surface area contributed by atoms with Crippen molar-refractivity contribution in [3.05, 3.63) is 59.7 Å². The Balaban J connectivity index is 1.37. The number of nitrogens with one attached hydrogen (secondary N) is 1. The molecule has 1 fully saturated rings. The molecule has 2 heterocycles. The Bertz CT molecular complexity index is 763. The Hall–Kier alpha value is -2.69. The second-order valence-electron chi connectivity index (χ2n) is 6.90. The quantitative estimate of drug-likeness (QED) is 0.912. The zero-order valence-electron chi connectivity index (χ0n) is 14.8. The average Bonchev–Trinajstić information content (AvgIpc) is 3.01. The highest BCUT2D eigenvalue weighted by atomic mass is 16.7. The number of carbonyl (C=O) groups is 1. The summed E-state index contributed by atoms with van der Waals surface area (Å²) in [7, 11) is 0. The molecule has 2 amide bonds. The largest absolute Gasteiger partial charge is 0.454 e. The molecule has 0 saturated carbocycles. The first-order valence-electron chi connectivity index (χ1n) is 9.26. The number of carbonyl (C=O) groups excluding carboxylic acids is 1. The second-order valence-corrected chi connectivity index (χ2v) is 6.90. The lowest BCUT2D eigenvalue weighted by atomic mass is 9.94. The third-order valence-corrected chi connectivity index (χ3v) is 5.11. The minimum absolute atomic E-state index is 0.00509. The Labute approximate surface area is 153 Å². The van der Waals surface area contributed by atoms with E-state index in [1.807, 2.05) is 29.2 Å². The van der Waals surface area contributed by atoms with E-state index in [2.05, 4.69) is 29.6 Å². The van der Waals surface area contributed by atoms with Crippen molar-refractivity contribution in [2.75, 3.05) is 19.9 Å². The van der Waals surface area contributed by atoms with Crippen LogP contribution in [-0.4, -0.2) is 30.8 Å². The van der Waals surface area contributed by atoms with Gasteiger partial charge in [0.1, 0.15) is 0 Å². The lowest BCUT2D eigenvalue weighted by molar-refractivity contribution is 0.174. The van der Waals surface area contributed by atoms with Gasteiger partial charge in [0, 0.05) is 25.6 Å². The topological polar surface area (TPSA) is 50.8 Å². The highest BCUT2D eigenvalue weighted by molar-refractivity contribution is 5.74. The fourth-order valence-electron chi connectivity index (χ4n) is 3.66. The zero-order chi connectivity index (χ0) is 17.8. The van der Waals surface area contributed by atoms with Crippen LogP contribution in [0.4, 0.5) is 4.79 Å². The van der Waals surface area contributed by atoms with Crippen LogP contribution in [-0.2, 0) is 6.54 Å². The van der Waals surface area contributed by atoms with Crippen molar-refractivity contribution in [3.8, 4) is 11.5 Å². The molecule has 26 heavy (non-hydrogen) atoms. The van der Waals surface area contributed by atoms with Gasteiger partial charge >= 0.3 is 6.03 Å². The molecule has 0 aromatic heterocycles. The van der Waals surface area contributed by atoms with Crippen molar-refractivity contribution < 1.29 is 14.3 Å². The first-order valence-corrected chi connectivity index (χ1v) is 9.26. The summed E-state index contributed by atoms with van der Waals surface area (Å²) in [5, 5.41) is 3.05. The van der Waals surface area contributed by atoms with Gasteiger partial charge in [-0.1, -0.05) is 42.8 Å². The molecule has 0 radical (unpaired) electrons. The van der Waals surface area contributed by atoms with Crippen LogP contribution in [0.3, 0.4) is 0 Å². The van der Waals surface area contributed by atoms with E-state index in [0.29, 0.717) is 12.5 Å². The Morgan fingerprint density at radius 2 is 1.92 bits per heavy atom. The van der Waals surface area contributed by atoms with Crippen LogP contribution in [0, 0.1) is 0 Å². The van der Waals surface area contributed by atoms with Gasteiger partial charge in [-0.05, 0) is 36.1 Å². The van der Waals surface area contributed by atoms with Crippen molar-refractivity contribution in [1.82, 2.24) is 10.2 Å². The molecule has 2 aromatic carbocycles. The maximum atomic E-state index is 12.7. The maximum Gasteiger partial charge on any atom is 0.317 e. The van der Waals surface area contributed by atoms with E-state index in [4.69, 9.17) is 9.47 Å². The van der Waals surface area contributed by atoms with E-state index in [0.717, 1.165) is 49.4 Å². The van der Waals surface area contributed by atoms with E-state index >= 15 is 0 Å². The first kappa shape index (κ1) is 16.8. The molecule has 4 rings (SSSR count). The van der Waals surface area contributed by atoms with Crippen molar-refractivity contribution in [2.24, 2.45) is 0 Å². The van der Waals surface area contributed by atoms with Gasteiger partial charge < -0.3 is 19.7 Å². The fraction of sp³-hybridized carbons (Fsp3) is 0.381. The van der Waals surface area contributed by atoms with Gasteiger partial charge in [0.15, 0.2) is 11.5 Å². The smallest absolute Gasteiger partial charge is 0.317 e. The van der Waals surface area contributed by atoms with Gasteiger partial charge in [-0.3, -0.25) is 0 Å². The number of benzene rings is 2. The summed E-state index contributed by atoms with van der Waals surface area (Å²) >= 11 is 0. The Morgan fingerprint density at radius 1 is 1.08 bits per heavy atom. The van der Waals surface area contributed by atoms with E-state index in [9.17, 15) is 4.79 Å². The summed E-state index contributed by atoms with van der Waals surface area (Å²) in [4.78, 5) is 14.6. The Morgan fingerprint density at radius 3 is 2.81 bits per heavy atom. The zero-order valence-corrected chi connectivity index (χ0v) is 14.8. The standard InChI is InChI=1S/C21H24N2O3/c24-21(22-13-16-9-10-19-20(12-16)26-15-25-19)23-11-5-4-8-18(14-23)17-6-2-1-3-7-17/h1-3,6-7,9-10,12,18H,4-5,8,11,13-15H2,(H,22,24). The van der Waals surface area contributed by atoms with Gasteiger partial charge in [-0.2, -0.15) is 0 Å². The second kappa shape index (κ2) is 7.68. The molecule has 1 saturated heterocycles. The van der Waals surface area contributed by atoms with Crippen LogP contribution in [0.5, 0.6) is 11.5 Å². The Kier molecular flexibility index (Phi) is 4.95. The van der Waals surface area contributed by atoms with Gasteiger partial charge in [0.2, 0.25) is 6.79 Å². The number of nitrogens with zero attached hydrogens (tertiary/aromatic N) is 1. The molecule has 2 aliphatic heterocycles. The highest BCUT2D eigenvalue weighted by Crippen LogP contribution is 2.32. The molecule has 1 unspecified atom stereocenters. The molecular weight excluding hydrogens is 328 g/mol. The predicted molar refractivity (Wildman–Crippen MR) is 99.4 cm³/mol. The molecule has 5 nitrogen and oxygen atoms in total. The van der Waals surface area contributed by atoms with Crippen molar-refractivity contribution >= 4 is 6.03 Å². The molecule has 1 N–H and O–H groups in total. The van der Waals surface area contributed by atoms with Crippen LogP contribution in [0.15, 0.2) is 48.5 Å². The highest BCUT2D eigenvalue weighted by Gasteiger charge is 2.23. The summed E-state index contributed by atoms with van der Waals surface area (Å²) in [5.74, 6) is 1.92. The average molecular weight is 352 g/mol. The monoisotopic (exact) mass is 352 g/mol. The van der Waals surface area contributed by atoms with Crippen LogP contribution < -0.4 is 14.8 Å². The first-order chi connectivity index (χ1) is 12.8. The third-order valence-electron chi connectivity index (χ3n) is 5.11. The summed E-state index contributed by atoms with van der Waals surface area (Å²) in [6, 6.07) is 16.3. The van der Waals surface area contributed by atoms with Gasteiger partial charge in [-0.15, -0.1) is 0 Å². The van der Waals surface area contributed by atoms with E-state index in [1.54, 1.807) is 0 Å². The SMILES string of the molecule is O=C(NCc1ccc2c(c1)OCO2)N1CCCCC(c2ccccc2)C1. The van der Waals surface area contributed by atoms with Crippen LogP contribution in [0.1, 0.15) is 36.3 Å². The molecule has 0 aliphatic carbocycles. The van der Waals surface area contributed by atoms with Crippen LogP contribution in [0.25, 0.3) is 0 Å². The maximum absolute atomic E-state index is 12.7. The van der Waals surface area contributed by atoms with E-state index in [-0.39, 0.29) is 12.8 Å². The third kappa shape index (κ3) is 3.77. The van der Waals surface area contributed by atoms with E-state index < -0.39 is 0 Å². The lowest BCUT2D eigenvalue weighted by Crippen LogP contribution is -2.41. The van der Waals surface area contributed by atoms with Crippen LogP contribution >= 0.6 is 0 Å².